The fourth-order valence-electron chi connectivity index (χ4n) is 3.93. The van der Waals surface area contributed by atoms with Gasteiger partial charge in [0.15, 0.2) is 0 Å². The van der Waals surface area contributed by atoms with Crippen LogP contribution in [0.2, 0.25) is 0 Å². The second-order valence-electron chi connectivity index (χ2n) is 7.84. The summed E-state index contributed by atoms with van der Waals surface area (Å²) in [5.74, 6) is -0.609. The normalized spacial score (nSPS) is 18.3. The van der Waals surface area contributed by atoms with Gasteiger partial charge >= 0.3 is 17.8 Å². The van der Waals surface area contributed by atoms with Crippen LogP contribution in [0.5, 0.6) is 5.75 Å². The Balaban J connectivity index is 1.32. The van der Waals surface area contributed by atoms with E-state index in [0.29, 0.717) is 13.1 Å². The van der Waals surface area contributed by atoms with Gasteiger partial charge in [0.1, 0.15) is 5.75 Å². The van der Waals surface area contributed by atoms with Gasteiger partial charge in [-0.3, -0.25) is 24.3 Å². The van der Waals surface area contributed by atoms with Crippen LogP contribution in [0.3, 0.4) is 0 Å². The molecule has 2 fully saturated rings. The van der Waals surface area contributed by atoms with Crippen LogP contribution in [0.1, 0.15) is 16.0 Å². The Morgan fingerprint density at radius 1 is 0.935 bits per heavy atom. The number of carbonyl (C=O) groups is 3. The molecule has 0 radical (unpaired) electrons. The maximum absolute atomic E-state index is 12.7. The van der Waals surface area contributed by atoms with Crippen LogP contribution in [0.4, 0.5) is 4.79 Å². The molecule has 1 aromatic carbocycles. The molecular weight excluding hydrogens is 416 g/mol. The summed E-state index contributed by atoms with van der Waals surface area (Å²) >= 11 is 1.46. The molecule has 1 aromatic heterocycles. The molecule has 31 heavy (non-hydrogen) atoms. The molecule has 8 nitrogen and oxygen atoms in total. The largest absolute Gasteiger partial charge is 0.496 e. The van der Waals surface area contributed by atoms with Crippen LogP contribution in [-0.2, 0) is 22.7 Å². The summed E-state index contributed by atoms with van der Waals surface area (Å²) in [6, 6.07) is 9.34. The molecule has 0 aliphatic carbocycles. The van der Waals surface area contributed by atoms with Crippen molar-refractivity contribution in [1.82, 2.24) is 19.6 Å². The van der Waals surface area contributed by atoms with Crippen LogP contribution >= 0.6 is 11.3 Å². The molecule has 4 rings (SSSR count). The molecule has 2 saturated heterocycles. The fourth-order valence-corrected chi connectivity index (χ4v) is 4.63. The van der Waals surface area contributed by atoms with Gasteiger partial charge in [0.2, 0.25) is 0 Å². The standard InChI is InChI=1S/C22H26N4O4S/c1-16-5-6-19(30-2)17(12-16)13-23-7-9-24(10-8-23)15-26-21(28)20(27)25(22(26)29)14-18-4-3-11-31-18/h3-6,11-12H,7-10,13-15H2,1-2H3. The highest BCUT2D eigenvalue weighted by atomic mass is 32.1. The number of piperazine rings is 1. The number of amides is 4. The van der Waals surface area contributed by atoms with Crippen molar-refractivity contribution in [3.8, 4) is 5.75 Å². The zero-order valence-corrected chi connectivity index (χ0v) is 18.6. The zero-order valence-electron chi connectivity index (χ0n) is 17.7. The Bertz CT molecular complexity index is 970. The number of benzene rings is 1. The third-order valence-electron chi connectivity index (χ3n) is 5.67. The van der Waals surface area contributed by atoms with Crippen molar-refractivity contribution in [3.05, 3.63) is 51.7 Å². The first kappa shape index (κ1) is 21.5. The lowest BCUT2D eigenvalue weighted by atomic mass is 10.1. The predicted molar refractivity (Wildman–Crippen MR) is 117 cm³/mol. The molecule has 2 aliphatic rings. The van der Waals surface area contributed by atoms with Crippen LogP contribution in [-0.4, -0.2) is 77.4 Å². The van der Waals surface area contributed by atoms with E-state index in [-0.39, 0.29) is 13.2 Å². The molecule has 2 aliphatic heterocycles. The number of urea groups is 1. The highest BCUT2D eigenvalue weighted by Crippen LogP contribution is 2.23. The van der Waals surface area contributed by atoms with E-state index in [0.717, 1.165) is 45.6 Å². The summed E-state index contributed by atoms with van der Waals surface area (Å²) in [6.45, 7) is 6.17. The average Bonchev–Trinajstić information content (AvgIpc) is 3.35. The number of nitrogens with zero attached hydrogens (tertiary/aromatic N) is 4. The van der Waals surface area contributed by atoms with E-state index >= 15 is 0 Å². The minimum absolute atomic E-state index is 0.143. The summed E-state index contributed by atoms with van der Waals surface area (Å²) in [4.78, 5) is 44.8. The minimum atomic E-state index is -0.747. The number of aryl methyl sites for hydroxylation is 1. The molecule has 0 unspecified atom stereocenters. The summed E-state index contributed by atoms with van der Waals surface area (Å²) in [5.41, 5.74) is 2.34. The number of imide groups is 2. The molecule has 164 valence electrons. The van der Waals surface area contributed by atoms with Gasteiger partial charge < -0.3 is 4.74 Å². The van der Waals surface area contributed by atoms with E-state index in [2.05, 4.69) is 17.9 Å². The first-order valence-corrected chi connectivity index (χ1v) is 11.1. The van der Waals surface area contributed by atoms with Crippen molar-refractivity contribution in [2.75, 3.05) is 40.0 Å². The van der Waals surface area contributed by atoms with Crippen molar-refractivity contribution in [1.29, 1.82) is 0 Å². The Hall–Kier alpha value is -2.75. The van der Waals surface area contributed by atoms with Gasteiger partial charge in [-0.15, -0.1) is 11.3 Å². The third-order valence-corrected chi connectivity index (χ3v) is 6.53. The second kappa shape index (κ2) is 9.17. The molecule has 4 amide bonds. The molecule has 0 bridgehead atoms. The number of methoxy groups -OCH3 is 1. The van der Waals surface area contributed by atoms with E-state index in [1.165, 1.54) is 16.9 Å². The van der Waals surface area contributed by atoms with Crippen LogP contribution in [0, 0.1) is 6.92 Å². The van der Waals surface area contributed by atoms with E-state index in [9.17, 15) is 14.4 Å². The molecular formula is C22H26N4O4S. The molecule has 9 heteroatoms. The van der Waals surface area contributed by atoms with Gasteiger partial charge in [-0.25, -0.2) is 9.69 Å². The number of rotatable bonds is 7. The second-order valence-corrected chi connectivity index (χ2v) is 8.87. The number of carbonyl (C=O) groups excluding carboxylic acids is 3. The summed E-state index contributed by atoms with van der Waals surface area (Å²) in [6.07, 6.45) is 0. The first-order chi connectivity index (χ1) is 15.0. The molecule has 0 atom stereocenters. The fraction of sp³-hybridized carbons (Fsp3) is 0.409. The Morgan fingerprint density at radius 2 is 1.65 bits per heavy atom. The van der Waals surface area contributed by atoms with E-state index in [4.69, 9.17) is 4.74 Å². The van der Waals surface area contributed by atoms with Crippen molar-refractivity contribution in [2.45, 2.75) is 20.0 Å². The van der Waals surface area contributed by atoms with Gasteiger partial charge in [0.25, 0.3) is 0 Å². The molecule has 0 saturated carbocycles. The predicted octanol–water partition coefficient (Wildman–Crippen LogP) is 2.13. The lowest BCUT2D eigenvalue weighted by Crippen LogP contribution is -2.51. The van der Waals surface area contributed by atoms with Gasteiger partial charge in [-0.05, 0) is 24.4 Å². The smallest absolute Gasteiger partial charge is 0.335 e. The summed E-state index contributed by atoms with van der Waals surface area (Å²) in [7, 11) is 1.68. The number of ether oxygens (including phenoxy) is 1. The number of thiophene rings is 1. The van der Waals surface area contributed by atoms with Gasteiger partial charge in [-0.2, -0.15) is 0 Å². The third kappa shape index (κ3) is 4.63. The minimum Gasteiger partial charge on any atom is -0.496 e. The van der Waals surface area contributed by atoms with Crippen LogP contribution in [0.15, 0.2) is 35.7 Å². The van der Waals surface area contributed by atoms with Crippen LogP contribution < -0.4 is 4.74 Å². The van der Waals surface area contributed by atoms with Gasteiger partial charge in [0.05, 0.1) is 20.3 Å². The monoisotopic (exact) mass is 442 g/mol. The van der Waals surface area contributed by atoms with E-state index < -0.39 is 17.8 Å². The molecule has 0 spiro atoms. The highest BCUT2D eigenvalue weighted by Gasteiger charge is 2.45. The average molecular weight is 443 g/mol. The first-order valence-electron chi connectivity index (χ1n) is 10.2. The molecule has 3 heterocycles. The maximum Gasteiger partial charge on any atom is 0.335 e. The molecule has 2 aromatic rings. The lowest BCUT2D eigenvalue weighted by Gasteiger charge is -2.36. The zero-order chi connectivity index (χ0) is 22.0. The lowest BCUT2D eigenvalue weighted by molar-refractivity contribution is -0.144. The van der Waals surface area contributed by atoms with Crippen molar-refractivity contribution in [2.24, 2.45) is 0 Å². The number of hydrogen-bond acceptors (Lipinski definition) is 7. The Labute approximate surface area is 185 Å². The number of hydrogen-bond donors (Lipinski definition) is 0. The quantitative estimate of drug-likeness (QED) is 0.483. The van der Waals surface area contributed by atoms with Crippen molar-refractivity contribution >= 4 is 29.2 Å². The van der Waals surface area contributed by atoms with Crippen LogP contribution in [0.25, 0.3) is 0 Å². The highest BCUT2D eigenvalue weighted by molar-refractivity contribution is 7.09. The SMILES string of the molecule is COc1ccc(C)cc1CN1CCN(CN2C(=O)C(=O)N(Cc3cccs3)C2=O)CC1. The van der Waals surface area contributed by atoms with Gasteiger partial charge in [0, 0.05) is 43.2 Å². The van der Waals surface area contributed by atoms with Gasteiger partial charge in [-0.1, -0.05) is 23.8 Å². The summed E-state index contributed by atoms with van der Waals surface area (Å²) < 4.78 is 5.48. The van der Waals surface area contributed by atoms with E-state index in [1.54, 1.807) is 7.11 Å². The molecule has 0 N–H and O–H groups in total. The maximum atomic E-state index is 12.7. The van der Waals surface area contributed by atoms with Crippen molar-refractivity contribution < 1.29 is 19.1 Å². The topological polar surface area (TPSA) is 73.4 Å². The van der Waals surface area contributed by atoms with Crippen molar-refractivity contribution in [3.63, 3.8) is 0 Å². The summed E-state index contributed by atoms with van der Waals surface area (Å²) in [5, 5.41) is 1.88. The van der Waals surface area contributed by atoms with E-state index in [1.807, 2.05) is 34.5 Å². The Morgan fingerprint density at radius 3 is 2.32 bits per heavy atom. The Kier molecular flexibility index (Phi) is 6.35.